The molecule has 2 nitrogen and oxygen atoms in total. The topological polar surface area (TPSA) is 28.7 Å². The van der Waals surface area contributed by atoms with Crippen molar-refractivity contribution >= 4 is 22.6 Å². The lowest BCUT2D eigenvalue weighted by atomic mass is 9.85. The standard InChI is InChI=1S/C26H41ClN2/c1-3-12-20(4-2)19-22-17-18-23-26(25(22)27)29-24(28-23)16-11-6-5-8-13-21-14-9-7-10-15-21/h17-18,20-21H,3-16,19H2,1-2H3,(H,28,29). The second-order valence-corrected chi connectivity index (χ2v) is 9.72. The Morgan fingerprint density at radius 2 is 1.86 bits per heavy atom. The largest absolute Gasteiger partial charge is 0.342 e. The molecular formula is C26H41ClN2. The van der Waals surface area contributed by atoms with Gasteiger partial charge in [-0.15, -0.1) is 0 Å². The third kappa shape index (κ3) is 6.74. The molecule has 1 N–H and O–H groups in total. The molecule has 29 heavy (non-hydrogen) atoms. The minimum atomic E-state index is 0.724. The van der Waals surface area contributed by atoms with Gasteiger partial charge in [0.25, 0.3) is 0 Å². The lowest BCUT2D eigenvalue weighted by Gasteiger charge is -2.21. The number of hydrogen-bond acceptors (Lipinski definition) is 1. The first-order valence-corrected chi connectivity index (χ1v) is 12.7. The van der Waals surface area contributed by atoms with Gasteiger partial charge in [0.15, 0.2) is 0 Å². The normalized spacial score (nSPS) is 16.5. The molecule has 162 valence electrons. The number of fused-ring (bicyclic) bond motifs is 1. The van der Waals surface area contributed by atoms with Gasteiger partial charge in [0.05, 0.1) is 10.5 Å². The molecule has 1 aliphatic carbocycles. The van der Waals surface area contributed by atoms with Crippen molar-refractivity contribution < 1.29 is 0 Å². The van der Waals surface area contributed by atoms with E-state index in [1.165, 1.54) is 89.0 Å². The molecule has 0 saturated heterocycles. The fraction of sp³-hybridized carbons (Fsp3) is 0.731. The summed E-state index contributed by atoms with van der Waals surface area (Å²) in [6, 6.07) is 4.38. The predicted molar refractivity (Wildman–Crippen MR) is 127 cm³/mol. The van der Waals surface area contributed by atoms with E-state index in [1.54, 1.807) is 0 Å². The van der Waals surface area contributed by atoms with Gasteiger partial charge in [-0.1, -0.05) is 109 Å². The van der Waals surface area contributed by atoms with Crippen LogP contribution in [0.25, 0.3) is 11.0 Å². The minimum Gasteiger partial charge on any atom is -0.342 e. The van der Waals surface area contributed by atoms with Crippen LogP contribution < -0.4 is 0 Å². The first-order chi connectivity index (χ1) is 14.2. The highest BCUT2D eigenvalue weighted by Gasteiger charge is 2.15. The van der Waals surface area contributed by atoms with E-state index in [0.717, 1.165) is 46.6 Å². The van der Waals surface area contributed by atoms with Gasteiger partial charge in [0, 0.05) is 6.42 Å². The van der Waals surface area contributed by atoms with Crippen LogP contribution in [0.1, 0.15) is 109 Å². The highest BCUT2D eigenvalue weighted by molar-refractivity contribution is 6.35. The number of nitrogens with one attached hydrogen (secondary N) is 1. The van der Waals surface area contributed by atoms with Crippen LogP contribution in [-0.2, 0) is 12.8 Å². The molecule has 0 spiro atoms. The van der Waals surface area contributed by atoms with E-state index in [4.69, 9.17) is 16.6 Å². The Balaban J connectivity index is 1.46. The van der Waals surface area contributed by atoms with Crippen LogP contribution in [0.15, 0.2) is 12.1 Å². The zero-order chi connectivity index (χ0) is 20.5. The number of imidazole rings is 1. The number of rotatable bonds is 12. The van der Waals surface area contributed by atoms with Crippen LogP contribution in [0.5, 0.6) is 0 Å². The summed E-state index contributed by atoms with van der Waals surface area (Å²) in [5.41, 5.74) is 3.33. The van der Waals surface area contributed by atoms with Gasteiger partial charge < -0.3 is 4.98 Å². The van der Waals surface area contributed by atoms with E-state index in [2.05, 4.69) is 31.0 Å². The molecule has 1 heterocycles. The molecule has 1 unspecified atom stereocenters. The Morgan fingerprint density at radius 1 is 1.07 bits per heavy atom. The molecule has 0 bridgehead atoms. The number of aromatic nitrogens is 2. The third-order valence-corrected chi connectivity index (χ3v) is 7.43. The van der Waals surface area contributed by atoms with Crippen molar-refractivity contribution in [3.8, 4) is 0 Å². The fourth-order valence-corrected chi connectivity index (χ4v) is 5.42. The van der Waals surface area contributed by atoms with Crippen LogP contribution in [0.2, 0.25) is 5.02 Å². The quantitative estimate of drug-likeness (QED) is 0.344. The molecule has 3 heteroatoms. The lowest BCUT2D eigenvalue weighted by Crippen LogP contribution is -2.05. The summed E-state index contributed by atoms with van der Waals surface area (Å²) in [5, 5.41) is 0.868. The SMILES string of the molecule is CCCC(CC)Cc1ccc2[nH]c(CCCCCCC3CCCCC3)nc2c1Cl. The van der Waals surface area contributed by atoms with E-state index < -0.39 is 0 Å². The number of halogens is 1. The van der Waals surface area contributed by atoms with Gasteiger partial charge in [-0.2, -0.15) is 0 Å². The highest BCUT2D eigenvalue weighted by Crippen LogP contribution is 2.30. The second kappa shape index (κ2) is 12.0. The number of hydrogen-bond donors (Lipinski definition) is 1. The first-order valence-electron chi connectivity index (χ1n) is 12.4. The molecule has 0 amide bonds. The summed E-state index contributed by atoms with van der Waals surface area (Å²) in [5.74, 6) is 2.86. The number of H-pyrrole nitrogens is 1. The Labute approximate surface area is 183 Å². The second-order valence-electron chi connectivity index (χ2n) is 9.34. The van der Waals surface area contributed by atoms with E-state index >= 15 is 0 Å². The molecule has 1 aromatic heterocycles. The maximum Gasteiger partial charge on any atom is 0.107 e. The van der Waals surface area contributed by atoms with Crippen LogP contribution in [0.3, 0.4) is 0 Å². The highest BCUT2D eigenvalue weighted by atomic mass is 35.5. The van der Waals surface area contributed by atoms with Gasteiger partial charge in [-0.05, 0) is 36.3 Å². The van der Waals surface area contributed by atoms with Gasteiger partial charge >= 0.3 is 0 Å². The summed E-state index contributed by atoms with van der Waals surface area (Å²) in [6.45, 7) is 4.55. The summed E-state index contributed by atoms with van der Waals surface area (Å²) in [4.78, 5) is 8.36. The monoisotopic (exact) mass is 416 g/mol. The summed E-state index contributed by atoms with van der Waals surface area (Å²) in [6.07, 6.45) is 20.0. The maximum atomic E-state index is 6.75. The number of benzene rings is 1. The van der Waals surface area contributed by atoms with Crippen molar-refractivity contribution in [3.63, 3.8) is 0 Å². The zero-order valence-corrected chi connectivity index (χ0v) is 19.5. The van der Waals surface area contributed by atoms with Crippen LogP contribution in [-0.4, -0.2) is 9.97 Å². The van der Waals surface area contributed by atoms with E-state index in [0.29, 0.717) is 0 Å². The van der Waals surface area contributed by atoms with Gasteiger partial charge in [-0.25, -0.2) is 4.98 Å². The average molecular weight is 417 g/mol. The smallest absolute Gasteiger partial charge is 0.107 e. The Kier molecular flexibility index (Phi) is 9.36. The average Bonchev–Trinajstić information content (AvgIpc) is 3.16. The van der Waals surface area contributed by atoms with Crippen LogP contribution in [0.4, 0.5) is 0 Å². The van der Waals surface area contributed by atoms with Crippen molar-refractivity contribution in [2.45, 2.75) is 110 Å². The number of unbranched alkanes of at least 4 members (excludes halogenated alkanes) is 3. The van der Waals surface area contributed by atoms with Crippen molar-refractivity contribution in [1.82, 2.24) is 9.97 Å². The maximum absolute atomic E-state index is 6.75. The van der Waals surface area contributed by atoms with Gasteiger partial charge in [0.2, 0.25) is 0 Å². The van der Waals surface area contributed by atoms with Crippen molar-refractivity contribution in [2.24, 2.45) is 11.8 Å². The molecule has 0 aliphatic heterocycles. The minimum absolute atomic E-state index is 0.724. The molecule has 2 aromatic rings. The first kappa shape index (κ1) is 22.7. The van der Waals surface area contributed by atoms with E-state index in [-0.39, 0.29) is 0 Å². The van der Waals surface area contributed by atoms with Crippen molar-refractivity contribution in [2.75, 3.05) is 0 Å². The lowest BCUT2D eigenvalue weighted by molar-refractivity contribution is 0.328. The van der Waals surface area contributed by atoms with Crippen molar-refractivity contribution in [1.29, 1.82) is 0 Å². The summed E-state index contributed by atoms with van der Waals surface area (Å²) in [7, 11) is 0. The number of aryl methyl sites for hydroxylation is 1. The molecule has 3 rings (SSSR count). The Hall–Kier alpha value is -1.02. The molecular weight excluding hydrogens is 376 g/mol. The van der Waals surface area contributed by atoms with Gasteiger partial charge in [0.1, 0.15) is 11.3 Å². The van der Waals surface area contributed by atoms with E-state index in [9.17, 15) is 0 Å². The van der Waals surface area contributed by atoms with Crippen LogP contribution >= 0.6 is 11.6 Å². The van der Waals surface area contributed by atoms with E-state index in [1.807, 2.05) is 0 Å². The number of nitrogens with zero attached hydrogens (tertiary/aromatic N) is 1. The molecule has 1 saturated carbocycles. The summed E-state index contributed by atoms with van der Waals surface area (Å²) >= 11 is 6.75. The zero-order valence-electron chi connectivity index (χ0n) is 18.7. The molecule has 1 aromatic carbocycles. The predicted octanol–water partition coefficient (Wildman–Crippen LogP) is 8.66. The van der Waals surface area contributed by atoms with Gasteiger partial charge in [-0.3, -0.25) is 0 Å². The number of aromatic amines is 1. The van der Waals surface area contributed by atoms with Crippen molar-refractivity contribution in [3.05, 3.63) is 28.5 Å². The molecule has 1 aliphatic rings. The molecule has 1 atom stereocenters. The third-order valence-electron chi connectivity index (χ3n) is 7.01. The fourth-order valence-electron chi connectivity index (χ4n) is 5.14. The van der Waals surface area contributed by atoms with Crippen LogP contribution in [0, 0.1) is 11.8 Å². The molecule has 1 fully saturated rings. The Morgan fingerprint density at radius 3 is 2.62 bits per heavy atom. The molecule has 0 radical (unpaired) electrons. The summed E-state index contributed by atoms with van der Waals surface area (Å²) < 4.78 is 0. The Bertz CT molecular complexity index is 730.